The van der Waals surface area contributed by atoms with E-state index in [4.69, 9.17) is 0 Å². The smallest absolute Gasteiger partial charge is 0.321 e. The van der Waals surface area contributed by atoms with Crippen molar-refractivity contribution in [1.82, 2.24) is 14.9 Å². The highest BCUT2D eigenvalue weighted by Gasteiger charge is 2.25. The first kappa shape index (κ1) is 20.9. The number of carbonyl (C=O) groups is 1. The molecule has 1 unspecified atom stereocenters. The lowest BCUT2D eigenvalue weighted by molar-refractivity contribution is 0.200. The van der Waals surface area contributed by atoms with Crippen LogP contribution in [0.2, 0.25) is 0 Å². The fraction of sp³-hybridized carbons (Fsp3) is 0.462. The topological polar surface area (TPSA) is 64.3 Å². The number of hydrogen-bond acceptors (Lipinski definition) is 3. The number of aromatic amines is 1. The number of nitrogens with zero attached hydrogens (tertiary/aromatic N) is 3. The predicted octanol–water partition coefficient (Wildman–Crippen LogP) is 5.53. The number of benzene rings is 1. The summed E-state index contributed by atoms with van der Waals surface area (Å²) in [6.07, 6.45) is 10.7. The fourth-order valence-electron chi connectivity index (χ4n) is 5.29. The van der Waals surface area contributed by atoms with Crippen molar-refractivity contribution in [2.45, 2.75) is 51.4 Å². The highest BCUT2D eigenvalue weighted by molar-refractivity contribution is 5.92. The fourth-order valence-corrected chi connectivity index (χ4v) is 5.29. The molecule has 2 fully saturated rings. The van der Waals surface area contributed by atoms with E-state index in [0.717, 1.165) is 63.2 Å². The average Bonchev–Trinajstić information content (AvgIpc) is 3.33. The van der Waals surface area contributed by atoms with Crippen LogP contribution in [0.25, 0.3) is 11.0 Å². The van der Waals surface area contributed by atoms with Gasteiger partial charge >= 0.3 is 6.03 Å². The Balaban J connectivity index is 1.35. The summed E-state index contributed by atoms with van der Waals surface area (Å²) in [5, 5.41) is 4.35. The summed E-state index contributed by atoms with van der Waals surface area (Å²) < 4.78 is 0. The number of piperidine rings is 2. The van der Waals surface area contributed by atoms with Crippen LogP contribution in [0.5, 0.6) is 0 Å². The number of anilines is 2. The Labute approximate surface area is 190 Å². The quantitative estimate of drug-likeness (QED) is 0.571. The molecule has 0 saturated carbocycles. The Bertz CT molecular complexity index is 1080. The second-order valence-corrected chi connectivity index (χ2v) is 9.11. The number of likely N-dealkylation sites (tertiary alicyclic amines) is 1. The summed E-state index contributed by atoms with van der Waals surface area (Å²) in [6, 6.07) is 10.7. The number of amides is 2. The number of carbonyl (C=O) groups excluding carboxylic acids is 1. The van der Waals surface area contributed by atoms with Crippen LogP contribution in [0, 0.1) is 0 Å². The number of H-pyrrole nitrogens is 1. The summed E-state index contributed by atoms with van der Waals surface area (Å²) in [4.78, 5) is 25.0. The number of hydrogen-bond donors (Lipinski definition) is 2. The summed E-state index contributed by atoms with van der Waals surface area (Å²) in [5.41, 5.74) is 5.81. The van der Waals surface area contributed by atoms with E-state index in [2.05, 4.69) is 51.4 Å². The first-order valence-electron chi connectivity index (χ1n) is 12.1. The number of fused-ring (bicyclic) bond motifs is 1. The number of pyridine rings is 1. The van der Waals surface area contributed by atoms with Crippen molar-refractivity contribution < 1.29 is 4.79 Å². The molecule has 6 nitrogen and oxygen atoms in total. The molecule has 0 aliphatic carbocycles. The van der Waals surface area contributed by atoms with Crippen LogP contribution in [0.15, 0.2) is 42.7 Å². The Morgan fingerprint density at radius 1 is 1.16 bits per heavy atom. The highest BCUT2D eigenvalue weighted by atomic mass is 16.2. The van der Waals surface area contributed by atoms with Gasteiger partial charge in [-0.1, -0.05) is 19.1 Å². The number of nitrogens with one attached hydrogen (secondary N) is 2. The van der Waals surface area contributed by atoms with Crippen LogP contribution in [0.4, 0.5) is 16.2 Å². The lowest BCUT2D eigenvalue weighted by Crippen LogP contribution is -2.38. The first-order valence-corrected chi connectivity index (χ1v) is 12.1. The summed E-state index contributed by atoms with van der Waals surface area (Å²) in [6.45, 7) is 5.99. The molecule has 2 saturated heterocycles. The molecule has 2 N–H and O–H groups in total. The molecule has 2 aliphatic heterocycles. The molecular formula is C26H33N5O. The third-order valence-electron chi connectivity index (χ3n) is 7.01. The van der Waals surface area contributed by atoms with Gasteiger partial charge in [-0.2, -0.15) is 0 Å². The molecule has 2 amide bonds. The van der Waals surface area contributed by atoms with Crippen LogP contribution in [-0.2, 0) is 6.42 Å². The van der Waals surface area contributed by atoms with Crippen LogP contribution >= 0.6 is 0 Å². The SMILES string of the molecule is CCc1cnc2[nH]ccc2c1N1CCCC(c2cccc(NC(=O)N3CCCCC3)c2)C1. The normalized spacial score (nSPS) is 19.3. The van der Waals surface area contributed by atoms with Crippen molar-refractivity contribution in [3.8, 4) is 0 Å². The van der Waals surface area contributed by atoms with Crippen LogP contribution in [-0.4, -0.2) is 47.1 Å². The van der Waals surface area contributed by atoms with E-state index in [1.165, 1.54) is 35.0 Å². The molecule has 5 rings (SSSR count). The monoisotopic (exact) mass is 431 g/mol. The van der Waals surface area contributed by atoms with Gasteiger partial charge in [0, 0.05) is 55.6 Å². The van der Waals surface area contributed by atoms with E-state index < -0.39 is 0 Å². The largest absolute Gasteiger partial charge is 0.370 e. The Morgan fingerprint density at radius 2 is 2.03 bits per heavy atom. The van der Waals surface area contributed by atoms with Gasteiger partial charge in [-0.25, -0.2) is 9.78 Å². The van der Waals surface area contributed by atoms with Crippen molar-refractivity contribution >= 4 is 28.4 Å². The number of rotatable bonds is 4. The molecule has 0 bridgehead atoms. The van der Waals surface area contributed by atoms with Gasteiger partial charge in [-0.05, 0) is 67.9 Å². The molecule has 1 atom stereocenters. The molecule has 2 aliphatic rings. The van der Waals surface area contributed by atoms with E-state index >= 15 is 0 Å². The molecule has 0 radical (unpaired) electrons. The third-order valence-corrected chi connectivity index (χ3v) is 7.01. The van der Waals surface area contributed by atoms with E-state index in [-0.39, 0.29) is 6.03 Å². The van der Waals surface area contributed by atoms with Crippen molar-refractivity contribution in [1.29, 1.82) is 0 Å². The first-order chi connectivity index (χ1) is 15.7. The molecule has 4 heterocycles. The molecular weight excluding hydrogens is 398 g/mol. The maximum atomic E-state index is 12.7. The van der Waals surface area contributed by atoms with E-state index in [1.54, 1.807) is 0 Å². The van der Waals surface area contributed by atoms with Gasteiger partial charge in [0.05, 0.1) is 5.69 Å². The van der Waals surface area contributed by atoms with Gasteiger partial charge in [0.2, 0.25) is 0 Å². The van der Waals surface area contributed by atoms with Crippen LogP contribution in [0.1, 0.15) is 56.1 Å². The number of aromatic nitrogens is 2. The van der Waals surface area contributed by atoms with Gasteiger partial charge in [-0.3, -0.25) is 0 Å². The molecule has 3 aromatic rings. The average molecular weight is 432 g/mol. The second-order valence-electron chi connectivity index (χ2n) is 9.11. The van der Waals surface area contributed by atoms with Gasteiger partial charge in [0.1, 0.15) is 5.65 Å². The Hall–Kier alpha value is -3.02. The van der Waals surface area contributed by atoms with Gasteiger partial charge in [0.25, 0.3) is 0 Å². The molecule has 32 heavy (non-hydrogen) atoms. The van der Waals surface area contributed by atoms with Crippen molar-refractivity contribution in [3.05, 3.63) is 53.9 Å². The van der Waals surface area contributed by atoms with Crippen molar-refractivity contribution in [2.24, 2.45) is 0 Å². The minimum atomic E-state index is 0.0337. The van der Waals surface area contributed by atoms with Crippen molar-refractivity contribution in [3.63, 3.8) is 0 Å². The zero-order chi connectivity index (χ0) is 21.9. The molecule has 2 aromatic heterocycles. The van der Waals surface area contributed by atoms with Crippen LogP contribution < -0.4 is 10.2 Å². The van der Waals surface area contributed by atoms with E-state index in [0.29, 0.717) is 5.92 Å². The number of urea groups is 1. The molecule has 168 valence electrons. The van der Waals surface area contributed by atoms with Gasteiger partial charge < -0.3 is 20.1 Å². The standard InChI is InChI=1S/C26H33N5O/c1-2-19-17-28-25-23(11-12-27-25)24(19)31-15-7-9-21(18-31)20-8-6-10-22(16-20)29-26(32)30-13-4-3-5-14-30/h6,8,10-12,16-17,21H,2-5,7,9,13-15,18H2,1H3,(H,27,28)(H,29,32). The van der Waals surface area contributed by atoms with Gasteiger partial charge in [0.15, 0.2) is 0 Å². The lowest BCUT2D eigenvalue weighted by atomic mass is 9.89. The van der Waals surface area contributed by atoms with Crippen LogP contribution in [0.3, 0.4) is 0 Å². The summed E-state index contributed by atoms with van der Waals surface area (Å²) in [7, 11) is 0. The minimum Gasteiger partial charge on any atom is -0.370 e. The second kappa shape index (κ2) is 9.23. The maximum absolute atomic E-state index is 12.7. The zero-order valence-corrected chi connectivity index (χ0v) is 18.9. The third kappa shape index (κ3) is 4.18. The molecule has 0 spiro atoms. The Kier molecular flexibility index (Phi) is 6.02. The molecule has 1 aromatic carbocycles. The van der Waals surface area contributed by atoms with Crippen molar-refractivity contribution in [2.75, 3.05) is 36.4 Å². The zero-order valence-electron chi connectivity index (χ0n) is 18.9. The van der Waals surface area contributed by atoms with E-state index in [1.807, 2.05) is 23.4 Å². The lowest BCUT2D eigenvalue weighted by Gasteiger charge is -2.36. The van der Waals surface area contributed by atoms with E-state index in [9.17, 15) is 4.79 Å². The maximum Gasteiger partial charge on any atom is 0.321 e. The Morgan fingerprint density at radius 3 is 2.88 bits per heavy atom. The predicted molar refractivity (Wildman–Crippen MR) is 131 cm³/mol. The highest BCUT2D eigenvalue weighted by Crippen LogP contribution is 2.36. The number of aryl methyl sites for hydroxylation is 1. The summed E-state index contributed by atoms with van der Waals surface area (Å²) >= 11 is 0. The minimum absolute atomic E-state index is 0.0337. The summed E-state index contributed by atoms with van der Waals surface area (Å²) in [5.74, 6) is 0.447. The molecule has 6 heteroatoms. The van der Waals surface area contributed by atoms with Gasteiger partial charge in [-0.15, -0.1) is 0 Å².